The fraction of sp³-hybridized carbons (Fsp3) is 0.588. The lowest BCUT2D eigenvalue weighted by atomic mass is 9.82. The first-order valence-corrected chi connectivity index (χ1v) is 7.37. The topological polar surface area (TPSA) is 40.5 Å². The molecule has 0 radical (unpaired) electrons. The molecule has 1 N–H and O–H groups in total. The van der Waals surface area contributed by atoms with Gasteiger partial charge in [-0.3, -0.25) is 4.79 Å². The third-order valence-corrected chi connectivity index (χ3v) is 4.51. The minimum Gasteiger partial charge on any atom is -0.391 e. The van der Waals surface area contributed by atoms with E-state index in [9.17, 15) is 9.90 Å². The first kappa shape index (κ1) is 15.0. The summed E-state index contributed by atoms with van der Waals surface area (Å²) in [5, 5.41) is 9.98. The lowest BCUT2D eigenvalue weighted by Gasteiger charge is -2.38. The Morgan fingerprint density at radius 2 is 1.90 bits per heavy atom. The second kappa shape index (κ2) is 5.57. The summed E-state index contributed by atoms with van der Waals surface area (Å²) in [6.07, 6.45) is 0.471. The number of hydrogen-bond acceptors (Lipinski definition) is 2. The number of hydrogen-bond donors (Lipinski definition) is 1. The predicted octanol–water partition coefficient (Wildman–Crippen LogP) is 2.50. The molecule has 0 aliphatic carbocycles. The van der Waals surface area contributed by atoms with Gasteiger partial charge < -0.3 is 10.0 Å². The average Bonchev–Trinajstić information content (AvgIpc) is 2.41. The molecule has 1 heterocycles. The zero-order chi connectivity index (χ0) is 14.9. The maximum atomic E-state index is 12.8. The van der Waals surface area contributed by atoms with E-state index >= 15 is 0 Å². The SMILES string of the molecule is Cc1ccc(C(C)(C)C(=O)N2CCC(C)C(O)C2)cc1. The van der Waals surface area contributed by atoms with Gasteiger partial charge in [0.25, 0.3) is 0 Å². The number of rotatable bonds is 2. The molecular weight excluding hydrogens is 250 g/mol. The van der Waals surface area contributed by atoms with Crippen molar-refractivity contribution >= 4 is 5.91 Å². The average molecular weight is 275 g/mol. The molecule has 1 saturated heterocycles. The zero-order valence-electron chi connectivity index (χ0n) is 12.9. The van der Waals surface area contributed by atoms with E-state index in [1.165, 1.54) is 5.56 Å². The van der Waals surface area contributed by atoms with Crippen LogP contribution in [-0.4, -0.2) is 35.1 Å². The highest BCUT2D eigenvalue weighted by Gasteiger charge is 2.36. The first-order valence-electron chi connectivity index (χ1n) is 7.37. The predicted molar refractivity (Wildman–Crippen MR) is 80.6 cm³/mol. The molecule has 0 saturated carbocycles. The number of aliphatic hydroxyl groups is 1. The van der Waals surface area contributed by atoms with Crippen molar-refractivity contribution in [3.63, 3.8) is 0 Å². The summed E-state index contributed by atoms with van der Waals surface area (Å²) in [6.45, 7) is 9.20. The van der Waals surface area contributed by atoms with Crippen LogP contribution in [0.2, 0.25) is 0 Å². The second-order valence-corrected chi connectivity index (χ2v) is 6.58. The van der Waals surface area contributed by atoms with Crippen molar-refractivity contribution in [3.8, 4) is 0 Å². The van der Waals surface area contributed by atoms with Crippen LogP contribution in [0.5, 0.6) is 0 Å². The van der Waals surface area contributed by atoms with Crippen LogP contribution in [0.1, 0.15) is 38.3 Å². The Hall–Kier alpha value is -1.35. The Morgan fingerprint density at radius 1 is 1.30 bits per heavy atom. The van der Waals surface area contributed by atoms with E-state index in [4.69, 9.17) is 0 Å². The highest BCUT2D eigenvalue weighted by molar-refractivity contribution is 5.87. The maximum Gasteiger partial charge on any atom is 0.232 e. The fourth-order valence-electron chi connectivity index (χ4n) is 2.72. The first-order chi connectivity index (χ1) is 9.32. The molecule has 0 bridgehead atoms. The summed E-state index contributed by atoms with van der Waals surface area (Å²) >= 11 is 0. The van der Waals surface area contributed by atoms with Crippen LogP contribution in [0, 0.1) is 12.8 Å². The molecule has 2 atom stereocenters. The molecule has 1 amide bonds. The van der Waals surface area contributed by atoms with Gasteiger partial charge in [0, 0.05) is 13.1 Å². The second-order valence-electron chi connectivity index (χ2n) is 6.58. The highest BCUT2D eigenvalue weighted by Crippen LogP contribution is 2.28. The highest BCUT2D eigenvalue weighted by atomic mass is 16.3. The Bertz CT molecular complexity index is 478. The number of carbonyl (C=O) groups excluding carboxylic acids is 1. The van der Waals surface area contributed by atoms with Crippen LogP contribution < -0.4 is 0 Å². The summed E-state index contributed by atoms with van der Waals surface area (Å²) in [5.41, 5.74) is 1.67. The minimum atomic E-state index is -0.548. The molecule has 0 aromatic heterocycles. The third kappa shape index (κ3) is 2.88. The van der Waals surface area contributed by atoms with Gasteiger partial charge in [-0.15, -0.1) is 0 Å². The summed E-state index contributed by atoms with van der Waals surface area (Å²) in [5.74, 6) is 0.383. The summed E-state index contributed by atoms with van der Waals surface area (Å²) in [7, 11) is 0. The van der Waals surface area contributed by atoms with E-state index < -0.39 is 11.5 Å². The van der Waals surface area contributed by atoms with Gasteiger partial charge in [0.2, 0.25) is 5.91 Å². The number of aryl methyl sites for hydroxylation is 1. The standard InChI is InChI=1S/C17H25NO2/c1-12-5-7-14(8-6-12)17(3,4)16(20)18-10-9-13(2)15(19)11-18/h5-8,13,15,19H,9-11H2,1-4H3. The number of carbonyl (C=O) groups is 1. The van der Waals surface area contributed by atoms with Crippen LogP contribution in [0.15, 0.2) is 24.3 Å². The van der Waals surface area contributed by atoms with E-state index in [0.717, 1.165) is 18.5 Å². The lowest BCUT2D eigenvalue weighted by molar-refractivity contribution is -0.140. The number of piperidine rings is 1. The van der Waals surface area contributed by atoms with E-state index in [2.05, 4.69) is 0 Å². The Labute approximate surface area is 121 Å². The molecule has 0 spiro atoms. The number of likely N-dealkylation sites (tertiary alicyclic amines) is 1. The third-order valence-electron chi connectivity index (χ3n) is 4.51. The van der Waals surface area contributed by atoms with E-state index in [1.54, 1.807) is 0 Å². The Morgan fingerprint density at radius 3 is 2.45 bits per heavy atom. The van der Waals surface area contributed by atoms with Crippen LogP contribution in [0.25, 0.3) is 0 Å². The number of β-amino-alcohol motifs (C(OH)–C–C–N with tert-alkyl or cyclic N) is 1. The number of benzene rings is 1. The Kier molecular flexibility index (Phi) is 4.19. The van der Waals surface area contributed by atoms with Crippen LogP contribution in [-0.2, 0) is 10.2 Å². The Balaban J connectivity index is 2.16. The molecule has 3 nitrogen and oxygen atoms in total. The number of nitrogens with zero attached hydrogens (tertiary/aromatic N) is 1. The maximum absolute atomic E-state index is 12.8. The smallest absolute Gasteiger partial charge is 0.232 e. The molecule has 1 aliphatic rings. The van der Waals surface area contributed by atoms with E-state index in [0.29, 0.717) is 6.54 Å². The van der Waals surface area contributed by atoms with Gasteiger partial charge in [0.15, 0.2) is 0 Å². The van der Waals surface area contributed by atoms with Gasteiger partial charge in [-0.25, -0.2) is 0 Å². The molecule has 1 fully saturated rings. The molecular formula is C17H25NO2. The number of amides is 1. The molecule has 1 aromatic rings. The van der Waals surface area contributed by atoms with Crippen molar-refractivity contribution in [1.29, 1.82) is 0 Å². The summed E-state index contributed by atoms with van der Waals surface area (Å²) in [6, 6.07) is 8.13. The van der Waals surface area contributed by atoms with Gasteiger partial charge in [-0.1, -0.05) is 36.8 Å². The normalized spacial score (nSPS) is 23.8. The molecule has 110 valence electrons. The van der Waals surface area contributed by atoms with Gasteiger partial charge in [-0.2, -0.15) is 0 Å². The van der Waals surface area contributed by atoms with Crippen molar-refractivity contribution in [2.45, 2.75) is 45.6 Å². The molecule has 1 aromatic carbocycles. The van der Waals surface area contributed by atoms with Gasteiger partial charge in [0.05, 0.1) is 11.5 Å². The van der Waals surface area contributed by atoms with Crippen molar-refractivity contribution in [1.82, 2.24) is 4.90 Å². The molecule has 2 rings (SSSR count). The van der Waals surface area contributed by atoms with Crippen molar-refractivity contribution in [3.05, 3.63) is 35.4 Å². The zero-order valence-corrected chi connectivity index (χ0v) is 12.9. The van der Waals surface area contributed by atoms with Crippen molar-refractivity contribution < 1.29 is 9.90 Å². The van der Waals surface area contributed by atoms with Crippen LogP contribution >= 0.6 is 0 Å². The van der Waals surface area contributed by atoms with Crippen molar-refractivity contribution in [2.24, 2.45) is 5.92 Å². The molecule has 20 heavy (non-hydrogen) atoms. The van der Waals surface area contributed by atoms with Gasteiger partial charge >= 0.3 is 0 Å². The van der Waals surface area contributed by atoms with Crippen molar-refractivity contribution in [2.75, 3.05) is 13.1 Å². The lowest BCUT2D eigenvalue weighted by Crippen LogP contribution is -2.51. The molecule has 1 aliphatic heterocycles. The summed E-state index contributed by atoms with van der Waals surface area (Å²) < 4.78 is 0. The van der Waals surface area contributed by atoms with Gasteiger partial charge in [-0.05, 0) is 38.7 Å². The van der Waals surface area contributed by atoms with E-state index in [-0.39, 0.29) is 11.8 Å². The summed E-state index contributed by atoms with van der Waals surface area (Å²) in [4.78, 5) is 14.6. The molecule has 2 unspecified atom stereocenters. The fourth-order valence-corrected chi connectivity index (χ4v) is 2.72. The largest absolute Gasteiger partial charge is 0.391 e. The minimum absolute atomic E-state index is 0.104. The number of aliphatic hydroxyl groups excluding tert-OH is 1. The van der Waals surface area contributed by atoms with Crippen LogP contribution in [0.4, 0.5) is 0 Å². The monoisotopic (exact) mass is 275 g/mol. The quantitative estimate of drug-likeness (QED) is 0.901. The van der Waals surface area contributed by atoms with Gasteiger partial charge in [0.1, 0.15) is 0 Å². The molecule has 3 heteroatoms. The van der Waals surface area contributed by atoms with Crippen LogP contribution in [0.3, 0.4) is 0 Å². The van der Waals surface area contributed by atoms with E-state index in [1.807, 2.05) is 56.9 Å².